The third-order valence-corrected chi connectivity index (χ3v) is 7.08. The summed E-state index contributed by atoms with van der Waals surface area (Å²) in [6.07, 6.45) is 1.77. The van der Waals surface area contributed by atoms with Gasteiger partial charge in [-0.15, -0.1) is 0 Å². The Hall–Kier alpha value is -1.48. The van der Waals surface area contributed by atoms with Gasteiger partial charge in [-0.2, -0.15) is 4.31 Å². The Kier molecular flexibility index (Phi) is 5.96. The summed E-state index contributed by atoms with van der Waals surface area (Å²) in [6.45, 7) is 5.08. The molecule has 0 aliphatic carbocycles. The van der Waals surface area contributed by atoms with Crippen molar-refractivity contribution < 1.29 is 17.9 Å². The van der Waals surface area contributed by atoms with Crippen molar-refractivity contribution in [1.29, 1.82) is 0 Å². The molecule has 144 valence electrons. The van der Waals surface area contributed by atoms with E-state index >= 15 is 0 Å². The van der Waals surface area contributed by atoms with Crippen LogP contribution in [0.15, 0.2) is 29.2 Å². The van der Waals surface area contributed by atoms with Gasteiger partial charge < -0.3 is 15.4 Å². The molecule has 0 saturated carbocycles. The predicted octanol–water partition coefficient (Wildman–Crippen LogP) is 0.907. The second kappa shape index (κ2) is 8.04. The second-order valence-electron chi connectivity index (χ2n) is 7.05. The number of morpholine rings is 1. The van der Waals surface area contributed by atoms with Gasteiger partial charge in [-0.1, -0.05) is 0 Å². The van der Waals surface area contributed by atoms with E-state index in [4.69, 9.17) is 10.5 Å². The molecule has 1 aromatic carbocycles. The van der Waals surface area contributed by atoms with E-state index in [1.165, 1.54) is 16.4 Å². The van der Waals surface area contributed by atoms with Crippen LogP contribution >= 0.6 is 0 Å². The average Bonchev–Trinajstić information content (AvgIpc) is 2.68. The summed E-state index contributed by atoms with van der Waals surface area (Å²) >= 11 is 0. The minimum atomic E-state index is -3.56. The summed E-state index contributed by atoms with van der Waals surface area (Å²) in [7, 11) is -3.56. The first-order valence-electron chi connectivity index (χ1n) is 9.12. The number of rotatable bonds is 4. The molecule has 2 fully saturated rings. The quantitative estimate of drug-likeness (QED) is 0.837. The number of piperidine rings is 1. The zero-order valence-corrected chi connectivity index (χ0v) is 16.0. The van der Waals surface area contributed by atoms with Gasteiger partial charge in [0.25, 0.3) is 5.91 Å². The van der Waals surface area contributed by atoms with Crippen LogP contribution in [0, 0.1) is 5.92 Å². The Balaban J connectivity index is 1.73. The summed E-state index contributed by atoms with van der Waals surface area (Å²) in [5, 5.41) is 0. The van der Waals surface area contributed by atoms with E-state index in [1.807, 2.05) is 6.92 Å². The van der Waals surface area contributed by atoms with Gasteiger partial charge in [0, 0.05) is 37.8 Å². The van der Waals surface area contributed by atoms with E-state index in [0.717, 1.165) is 12.8 Å². The Morgan fingerprint density at radius 1 is 1.19 bits per heavy atom. The molecule has 2 atom stereocenters. The number of hydrogen-bond acceptors (Lipinski definition) is 5. The Labute approximate surface area is 155 Å². The van der Waals surface area contributed by atoms with E-state index < -0.39 is 10.0 Å². The lowest BCUT2D eigenvalue weighted by Gasteiger charge is -2.33. The molecule has 26 heavy (non-hydrogen) atoms. The number of carbonyl (C=O) groups excluding carboxylic acids is 1. The zero-order valence-electron chi connectivity index (χ0n) is 15.1. The largest absolute Gasteiger partial charge is 0.378 e. The van der Waals surface area contributed by atoms with Crippen LogP contribution in [-0.4, -0.2) is 69.0 Å². The molecule has 2 N–H and O–H groups in total. The number of benzene rings is 1. The molecule has 2 aliphatic heterocycles. The number of hydrogen-bond donors (Lipinski definition) is 1. The molecule has 2 unspecified atom stereocenters. The van der Waals surface area contributed by atoms with Gasteiger partial charge in [-0.05, 0) is 49.9 Å². The minimum Gasteiger partial charge on any atom is -0.378 e. The van der Waals surface area contributed by atoms with Crippen molar-refractivity contribution in [3.05, 3.63) is 29.8 Å². The van der Waals surface area contributed by atoms with E-state index in [-0.39, 0.29) is 22.8 Å². The van der Waals surface area contributed by atoms with E-state index in [9.17, 15) is 13.2 Å². The summed E-state index contributed by atoms with van der Waals surface area (Å²) in [4.78, 5) is 14.4. The molecule has 2 heterocycles. The summed E-state index contributed by atoms with van der Waals surface area (Å²) in [5.41, 5.74) is 6.46. The number of sulfonamides is 1. The van der Waals surface area contributed by atoms with Gasteiger partial charge >= 0.3 is 0 Å². The molecular weight excluding hydrogens is 354 g/mol. The predicted molar refractivity (Wildman–Crippen MR) is 98.3 cm³/mol. The highest BCUT2D eigenvalue weighted by Gasteiger charge is 2.31. The maximum atomic E-state index is 12.9. The fourth-order valence-electron chi connectivity index (χ4n) is 3.49. The maximum Gasteiger partial charge on any atom is 0.254 e. The van der Waals surface area contributed by atoms with Crippen molar-refractivity contribution in [1.82, 2.24) is 9.21 Å². The number of nitrogens with zero attached hydrogens (tertiary/aromatic N) is 2. The third kappa shape index (κ3) is 4.09. The standard InChI is InChI=1S/C18H27N3O4S/c1-14(19)16-3-2-8-21(13-16)26(23,24)17-6-4-15(5-7-17)18(22)20-9-11-25-12-10-20/h4-7,14,16H,2-3,8-13,19H2,1H3. The second-order valence-corrected chi connectivity index (χ2v) is 8.99. The van der Waals surface area contributed by atoms with Crippen molar-refractivity contribution in [2.45, 2.75) is 30.7 Å². The van der Waals surface area contributed by atoms with Crippen LogP contribution in [0.4, 0.5) is 0 Å². The molecule has 3 rings (SSSR count). The van der Waals surface area contributed by atoms with Crippen LogP contribution in [0.3, 0.4) is 0 Å². The third-order valence-electron chi connectivity index (χ3n) is 5.20. The summed E-state index contributed by atoms with van der Waals surface area (Å²) < 4.78 is 32.6. The highest BCUT2D eigenvalue weighted by molar-refractivity contribution is 7.89. The average molecular weight is 381 g/mol. The number of nitrogens with two attached hydrogens (primary N) is 1. The lowest BCUT2D eigenvalue weighted by molar-refractivity contribution is 0.0303. The van der Waals surface area contributed by atoms with Crippen molar-refractivity contribution in [2.75, 3.05) is 39.4 Å². The fourth-order valence-corrected chi connectivity index (χ4v) is 5.02. The Morgan fingerprint density at radius 3 is 2.46 bits per heavy atom. The van der Waals surface area contributed by atoms with Gasteiger partial charge in [0.15, 0.2) is 0 Å². The maximum absolute atomic E-state index is 12.9. The van der Waals surface area contributed by atoms with Crippen LogP contribution < -0.4 is 5.73 Å². The van der Waals surface area contributed by atoms with Crippen LogP contribution in [0.25, 0.3) is 0 Å². The normalized spacial score (nSPS) is 23.6. The smallest absolute Gasteiger partial charge is 0.254 e. The van der Waals surface area contributed by atoms with Gasteiger partial charge in [0.05, 0.1) is 18.1 Å². The molecular formula is C18H27N3O4S. The zero-order chi connectivity index (χ0) is 18.7. The van der Waals surface area contributed by atoms with Crippen LogP contribution in [0.1, 0.15) is 30.1 Å². The molecule has 7 nitrogen and oxygen atoms in total. The van der Waals surface area contributed by atoms with Gasteiger partial charge in [0.2, 0.25) is 10.0 Å². The monoisotopic (exact) mass is 381 g/mol. The van der Waals surface area contributed by atoms with E-state index in [2.05, 4.69) is 0 Å². The molecule has 2 aliphatic rings. The molecule has 8 heteroatoms. The first-order valence-corrected chi connectivity index (χ1v) is 10.6. The Morgan fingerprint density at radius 2 is 1.85 bits per heavy atom. The highest BCUT2D eigenvalue weighted by Crippen LogP contribution is 2.25. The molecule has 0 spiro atoms. The first-order chi connectivity index (χ1) is 12.4. The topological polar surface area (TPSA) is 92.9 Å². The van der Waals surface area contributed by atoms with Gasteiger partial charge in [-0.25, -0.2) is 8.42 Å². The highest BCUT2D eigenvalue weighted by atomic mass is 32.2. The Bertz CT molecular complexity index is 727. The lowest BCUT2D eigenvalue weighted by atomic mass is 9.93. The van der Waals surface area contributed by atoms with Crippen molar-refractivity contribution in [3.63, 3.8) is 0 Å². The van der Waals surface area contributed by atoms with Crippen LogP contribution in [-0.2, 0) is 14.8 Å². The first kappa shape index (κ1) is 19.3. The SMILES string of the molecule is CC(N)C1CCCN(S(=O)(=O)c2ccc(C(=O)N3CCOCC3)cc2)C1. The molecule has 0 radical (unpaired) electrons. The summed E-state index contributed by atoms with van der Waals surface area (Å²) in [6, 6.07) is 6.22. The minimum absolute atomic E-state index is 0.0264. The van der Waals surface area contributed by atoms with Gasteiger partial charge in [0.1, 0.15) is 0 Å². The van der Waals surface area contributed by atoms with Crippen molar-refractivity contribution >= 4 is 15.9 Å². The van der Waals surface area contributed by atoms with Crippen molar-refractivity contribution in [2.24, 2.45) is 11.7 Å². The number of ether oxygens (including phenoxy) is 1. The van der Waals surface area contributed by atoms with Gasteiger partial charge in [-0.3, -0.25) is 4.79 Å². The molecule has 0 aromatic heterocycles. The van der Waals surface area contributed by atoms with E-state index in [0.29, 0.717) is 45.0 Å². The van der Waals surface area contributed by atoms with Crippen LogP contribution in [0.2, 0.25) is 0 Å². The van der Waals surface area contributed by atoms with Crippen molar-refractivity contribution in [3.8, 4) is 0 Å². The number of carbonyl (C=O) groups is 1. The molecule has 1 amide bonds. The number of amides is 1. The fraction of sp³-hybridized carbons (Fsp3) is 0.611. The molecule has 2 saturated heterocycles. The van der Waals surface area contributed by atoms with Crippen LogP contribution in [0.5, 0.6) is 0 Å². The molecule has 0 bridgehead atoms. The molecule has 1 aromatic rings. The summed E-state index contributed by atoms with van der Waals surface area (Å²) in [5.74, 6) is 0.0907. The van der Waals surface area contributed by atoms with E-state index in [1.54, 1.807) is 17.0 Å². The lowest BCUT2D eigenvalue weighted by Crippen LogP contribution is -2.45.